The van der Waals surface area contributed by atoms with Gasteiger partial charge in [0.1, 0.15) is 11.4 Å². The maximum Gasteiger partial charge on any atom is 0.223 e. The van der Waals surface area contributed by atoms with Gasteiger partial charge in [-0.25, -0.2) is 14.4 Å². The first kappa shape index (κ1) is 18.1. The minimum Gasteiger partial charge on any atom is -0.378 e. The first-order valence-electron chi connectivity index (χ1n) is 9.02. The van der Waals surface area contributed by atoms with Crippen molar-refractivity contribution < 1.29 is 9.50 Å². The maximum absolute atomic E-state index is 14.2. The van der Waals surface area contributed by atoms with Crippen LogP contribution in [0.25, 0.3) is 22.0 Å². The van der Waals surface area contributed by atoms with Gasteiger partial charge in [-0.2, -0.15) is 0 Å². The summed E-state index contributed by atoms with van der Waals surface area (Å²) in [6.07, 6.45) is 8.92. The molecule has 1 aliphatic carbocycles. The lowest BCUT2D eigenvalue weighted by molar-refractivity contribution is 0.0568. The monoisotopic (exact) mass is 373 g/mol. The van der Waals surface area contributed by atoms with Crippen LogP contribution in [0.4, 0.5) is 10.3 Å². The molecule has 3 aromatic rings. The van der Waals surface area contributed by atoms with Crippen molar-refractivity contribution in [2.24, 2.45) is 5.92 Å². The second kappa shape index (κ2) is 7.02. The summed E-state index contributed by atoms with van der Waals surface area (Å²) >= 11 is 0. The van der Waals surface area contributed by atoms with Crippen LogP contribution in [-0.4, -0.2) is 22.1 Å². The number of aliphatic hydroxyl groups is 1. The molecule has 1 aromatic heterocycles. The summed E-state index contributed by atoms with van der Waals surface area (Å²) in [4.78, 5) is 9.04. The van der Waals surface area contributed by atoms with Crippen molar-refractivity contribution in [3.63, 3.8) is 0 Å². The highest BCUT2D eigenvalue weighted by molar-refractivity contribution is 5.96. The topological polar surface area (TPSA) is 58.0 Å². The van der Waals surface area contributed by atoms with E-state index < -0.39 is 5.60 Å². The van der Waals surface area contributed by atoms with Gasteiger partial charge >= 0.3 is 0 Å². The summed E-state index contributed by atoms with van der Waals surface area (Å²) in [7, 11) is 1.72. The molecule has 2 unspecified atom stereocenters. The maximum atomic E-state index is 14.2. The number of hydrogen-bond donors (Lipinski definition) is 2. The van der Waals surface area contributed by atoms with Gasteiger partial charge in [-0.1, -0.05) is 48.6 Å². The summed E-state index contributed by atoms with van der Waals surface area (Å²) in [5, 5.41) is 15.6. The van der Waals surface area contributed by atoms with Gasteiger partial charge in [-0.15, -0.1) is 6.58 Å². The molecule has 140 valence electrons. The molecule has 0 fully saturated rings. The first-order chi connectivity index (χ1) is 13.6. The Morgan fingerprint density at radius 3 is 2.68 bits per heavy atom. The molecule has 1 aliphatic rings. The van der Waals surface area contributed by atoms with Crippen LogP contribution in [0, 0.1) is 11.7 Å². The summed E-state index contributed by atoms with van der Waals surface area (Å²) < 4.78 is 14.2. The third-order valence-electron chi connectivity index (χ3n) is 5.05. The lowest BCUT2D eigenvalue weighted by Crippen LogP contribution is -2.33. The lowest BCUT2D eigenvalue weighted by Gasteiger charge is -2.31. The number of allylic oxidation sites excluding steroid dienone is 2. The van der Waals surface area contributed by atoms with E-state index in [4.69, 9.17) is 0 Å². The van der Waals surface area contributed by atoms with Gasteiger partial charge in [-0.3, -0.25) is 0 Å². The fourth-order valence-corrected chi connectivity index (χ4v) is 3.55. The molecular weight excluding hydrogens is 353 g/mol. The van der Waals surface area contributed by atoms with Gasteiger partial charge in [0.05, 0.1) is 11.4 Å². The van der Waals surface area contributed by atoms with E-state index in [1.165, 1.54) is 6.07 Å². The minimum absolute atomic E-state index is 0.284. The summed E-state index contributed by atoms with van der Waals surface area (Å²) in [6, 6.07) is 12.2. The highest BCUT2D eigenvalue weighted by Gasteiger charge is 2.36. The Morgan fingerprint density at radius 1 is 1.14 bits per heavy atom. The molecule has 0 spiro atoms. The zero-order valence-electron chi connectivity index (χ0n) is 15.4. The molecule has 2 atom stereocenters. The lowest BCUT2D eigenvalue weighted by atomic mass is 9.81. The van der Waals surface area contributed by atoms with Crippen molar-refractivity contribution >= 4 is 16.7 Å². The van der Waals surface area contributed by atoms with E-state index in [1.54, 1.807) is 49.5 Å². The number of anilines is 1. The van der Waals surface area contributed by atoms with E-state index in [0.717, 1.165) is 10.9 Å². The number of hydrogen-bond acceptors (Lipinski definition) is 4. The first-order valence-corrected chi connectivity index (χ1v) is 9.02. The third kappa shape index (κ3) is 2.90. The number of aromatic nitrogens is 2. The molecular formula is C23H20FN3O. The number of nitrogens with zero attached hydrogens (tertiary/aromatic N) is 2. The van der Waals surface area contributed by atoms with Crippen LogP contribution >= 0.6 is 0 Å². The van der Waals surface area contributed by atoms with Crippen molar-refractivity contribution in [1.82, 2.24) is 9.97 Å². The number of halogens is 1. The van der Waals surface area contributed by atoms with E-state index in [0.29, 0.717) is 22.7 Å². The van der Waals surface area contributed by atoms with Crippen LogP contribution in [-0.2, 0) is 5.60 Å². The SMILES string of the molecule is C=CC1C=CC=CC1(O)c1cc(-c2ccc(F)c3ccccc23)nc(NC)n1. The highest BCUT2D eigenvalue weighted by Crippen LogP contribution is 2.37. The van der Waals surface area contributed by atoms with Crippen LogP contribution < -0.4 is 5.32 Å². The molecule has 2 N–H and O–H groups in total. The smallest absolute Gasteiger partial charge is 0.223 e. The molecule has 5 heteroatoms. The van der Waals surface area contributed by atoms with Crippen molar-refractivity contribution in [3.05, 3.63) is 90.9 Å². The van der Waals surface area contributed by atoms with Gasteiger partial charge in [0, 0.05) is 23.9 Å². The quantitative estimate of drug-likeness (QED) is 0.657. The molecule has 0 aliphatic heterocycles. The average molecular weight is 373 g/mol. The highest BCUT2D eigenvalue weighted by atomic mass is 19.1. The number of benzene rings is 2. The molecule has 4 rings (SSSR count). The second-order valence-corrected chi connectivity index (χ2v) is 6.68. The number of rotatable bonds is 4. The van der Waals surface area contributed by atoms with E-state index in [-0.39, 0.29) is 11.7 Å². The van der Waals surface area contributed by atoms with E-state index in [1.807, 2.05) is 24.3 Å². The fourth-order valence-electron chi connectivity index (χ4n) is 3.55. The number of fused-ring (bicyclic) bond motifs is 1. The Kier molecular flexibility index (Phi) is 4.53. The predicted molar refractivity (Wildman–Crippen MR) is 110 cm³/mol. The van der Waals surface area contributed by atoms with Crippen LogP contribution in [0.15, 0.2) is 79.4 Å². The van der Waals surface area contributed by atoms with E-state index in [2.05, 4.69) is 21.9 Å². The summed E-state index contributed by atoms with van der Waals surface area (Å²) in [5.41, 5.74) is 0.479. The average Bonchev–Trinajstić information content (AvgIpc) is 2.74. The third-order valence-corrected chi connectivity index (χ3v) is 5.05. The van der Waals surface area contributed by atoms with Gasteiger partial charge in [0.25, 0.3) is 0 Å². The zero-order chi connectivity index (χ0) is 19.7. The van der Waals surface area contributed by atoms with Crippen molar-refractivity contribution in [1.29, 1.82) is 0 Å². The molecule has 0 amide bonds. The Morgan fingerprint density at radius 2 is 1.93 bits per heavy atom. The predicted octanol–water partition coefficient (Wildman–Crippen LogP) is 4.59. The summed E-state index contributed by atoms with van der Waals surface area (Å²) in [5.74, 6) is -0.233. The fraction of sp³-hybridized carbons (Fsp3) is 0.130. The molecule has 0 radical (unpaired) electrons. The van der Waals surface area contributed by atoms with E-state index >= 15 is 0 Å². The Labute approximate surface area is 162 Å². The van der Waals surface area contributed by atoms with Crippen molar-refractivity contribution in [2.75, 3.05) is 12.4 Å². The second-order valence-electron chi connectivity index (χ2n) is 6.68. The summed E-state index contributed by atoms with van der Waals surface area (Å²) in [6.45, 7) is 3.83. The van der Waals surface area contributed by atoms with Crippen LogP contribution in [0.3, 0.4) is 0 Å². The zero-order valence-corrected chi connectivity index (χ0v) is 15.4. The van der Waals surface area contributed by atoms with Crippen molar-refractivity contribution in [2.45, 2.75) is 5.60 Å². The van der Waals surface area contributed by atoms with Gasteiger partial charge < -0.3 is 10.4 Å². The van der Waals surface area contributed by atoms with Gasteiger partial charge in [0.2, 0.25) is 5.95 Å². The normalized spacial score (nSPS) is 21.0. The molecule has 0 saturated heterocycles. The van der Waals surface area contributed by atoms with Crippen LogP contribution in [0.2, 0.25) is 0 Å². The molecule has 4 nitrogen and oxygen atoms in total. The molecule has 2 aromatic carbocycles. The molecule has 1 heterocycles. The van der Waals surface area contributed by atoms with Crippen LogP contribution in [0.1, 0.15) is 5.69 Å². The minimum atomic E-state index is -1.34. The van der Waals surface area contributed by atoms with Gasteiger partial charge in [-0.05, 0) is 29.7 Å². The number of nitrogens with one attached hydrogen (secondary N) is 1. The van der Waals surface area contributed by atoms with Gasteiger partial charge in [0.15, 0.2) is 0 Å². The standard InChI is InChI=1S/C23H20FN3O/c1-3-15-8-6-7-13-23(15,28)21-14-20(26-22(25-2)27-21)18-11-12-19(24)17-10-5-4-9-16(17)18/h3-15,28H,1H2,2H3,(H,25,26,27). The van der Waals surface area contributed by atoms with E-state index in [9.17, 15) is 9.50 Å². The van der Waals surface area contributed by atoms with Crippen LogP contribution in [0.5, 0.6) is 0 Å². The Bertz CT molecular complexity index is 1120. The largest absolute Gasteiger partial charge is 0.378 e. The molecule has 0 saturated carbocycles. The van der Waals surface area contributed by atoms with Crippen molar-refractivity contribution in [3.8, 4) is 11.3 Å². The molecule has 28 heavy (non-hydrogen) atoms. The Hall–Kier alpha value is -3.31. The molecule has 0 bridgehead atoms. The Balaban J connectivity index is 1.95.